The maximum absolute atomic E-state index is 13.9. The van der Waals surface area contributed by atoms with E-state index in [2.05, 4.69) is 4.72 Å². The highest BCUT2D eigenvalue weighted by molar-refractivity contribution is 7.89. The van der Waals surface area contributed by atoms with Crippen molar-refractivity contribution in [3.05, 3.63) is 24.3 Å². The van der Waals surface area contributed by atoms with E-state index in [0.717, 1.165) is 51.4 Å². The van der Waals surface area contributed by atoms with Gasteiger partial charge in [-0.1, -0.05) is 31.4 Å². The van der Waals surface area contributed by atoms with Gasteiger partial charge < -0.3 is 11.5 Å². The summed E-state index contributed by atoms with van der Waals surface area (Å²) in [5, 5.41) is 0. The van der Waals surface area contributed by atoms with Crippen molar-refractivity contribution < 1.29 is 18.0 Å². The van der Waals surface area contributed by atoms with E-state index in [1.165, 1.54) is 6.07 Å². The third-order valence-electron chi connectivity index (χ3n) is 9.19. The largest absolute Gasteiger partial charge is 0.398 e. The fraction of sp³-hybridized carbons (Fsp3) is 0.680. The summed E-state index contributed by atoms with van der Waals surface area (Å²) in [6, 6.07) is 6.39. The number of para-hydroxylation sites is 1. The van der Waals surface area contributed by atoms with Crippen LogP contribution >= 0.6 is 0 Å². The summed E-state index contributed by atoms with van der Waals surface area (Å²) in [6.07, 6.45) is 8.65. The van der Waals surface area contributed by atoms with Crippen LogP contribution in [0.4, 0.5) is 5.69 Å². The minimum Gasteiger partial charge on any atom is -0.398 e. The number of rotatable bonds is 7. The molecule has 0 aliphatic heterocycles. The number of ketones is 1. The molecular weight excluding hydrogens is 438 g/mol. The van der Waals surface area contributed by atoms with Crippen LogP contribution in [0.1, 0.15) is 70.6 Å². The lowest BCUT2D eigenvalue weighted by Crippen LogP contribution is -2.59. The third-order valence-corrected chi connectivity index (χ3v) is 10.8. The number of nitrogen functional groups attached to an aromatic ring is 1. The van der Waals surface area contributed by atoms with Crippen LogP contribution < -0.4 is 16.2 Å². The van der Waals surface area contributed by atoms with Crippen LogP contribution in [-0.4, -0.2) is 25.6 Å². The molecule has 5 saturated carbocycles. The molecule has 4 bridgehead atoms. The Labute approximate surface area is 196 Å². The first-order chi connectivity index (χ1) is 15.6. The molecule has 5 fully saturated rings. The summed E-state index contributed by atoms with van der Waals surface area (Å²) in [5.74, 6) is 1.23. The maximum Gasteiger partial charge on any atom is 0.243 e. The molecule has 0 heterocycles. The molecule has 1 aromatic rings. The number of carbonyl (C=O) groups excluding carboxylic acids is 2. The highest BCUT2D eigenvalue weighted by Crippen LogP contribution is 2.63. The van der Waals surface area contributed by atoms with Gasteiger partial charge in [-0.3, -0.25) is 9.59 Å². The van der Waals surface area contributed by atoms with E-state index in [4.69, 9.17) is 11.5 Å². The summed E-state index contributed by atoms with van der Waals surface area (Å²) in [4.78, 5) is 26.2. The number of benzene rings is 1. The number of nitrogens with two attached hydrogens (primary N) is 2. The van der Waals surface area contributed by atoms with Crippen molar-refractivity contribution >= 4 is 27.4 Å². The predicted molar refractivity (Wildman–Crippen MR) is 125 cm³/mol. The van der Waals surface area contributed by atoms with Gasteiger partial charge in [0.1, 0.15) is 4.90 Å². The second-order valence-electron chi connectivity index (χ2n) is 11.2. The molecule has 0 saturated heterocycles. The van der Waals surface area contributed by atoms with Crippen molar-refractivity contribution in [3.63, 3.8) is 0 Å². The van der Waals surface area contributed by atoms with E-state index in [0.29, 0.717) is 37.0 Å². The van der Waals surface area contributed by atoms with Crippen LogP contribution in [-0.2, 0) is 19.6 Å². The Morgan fingerprint density at radius 1 is 1.00 bits per heavy atom. The minimum absolute atomic E-state index is 0.00544. The van der Waals surface area contributed by atoms with E-state index in [1.54, 1.807) is 18.2 Å². The van der Waals surface area contributed by atoms with Crippen molar-refractivity contribution in [2.75, 3.05) is 5.73 Å². The van der Waals surface area contributed by atoms with Crippen molar-refractivity contribution in [1.29, 1.82) is 0 Å². The van der Waals surface area contributed by atoms with Crippen molar-refractivity contribution in [2.45, 2.75) is 81.1 Å². The van der Waals surface area contributed by atoms with E-state index in [9.17, 15) is 18.0 Å². The minimum atomic E-state index is -3.93. The van der Waals surface area contributed by atoms with Crippen LogP contribution in [0.5, 0.6) is 0 Å². The molecule has 5 aliphatic rings. The van der Waals surface area contributed by atoms with Crippen molar-refractivity contribution in [3.8, 4) is 0 Å². The molecule has 8 heteroatoms. The first kappa shape index (κ1) is 22.8. The van der Waals surface area contributed by atoms with Gasteiger partial charge in [0.2, 0.25) is 15.9 Å². The van der Waals surface area contributed by atoms with E-state index in [-0.39, 0.29) is 33.6 Å². The molecule has 7 nitrogen and oxygen atoms in total. The number of primary amides is 1. The molecule has 6 rings (SSSR count). The van der Waals surface area contributed by atoms with Gasteiger partial charge >= 0.3 is 0 Å². The smallest absolute Gasteiger partial charge is 0.243 e. The first-order valence-electron chi connectivity index (χ1n) is 12.4. The fourth-order valence-electron chi connectivity index (χ4n) is 7.80. The lowest BCUT2D eigenvalue weighted by Gasteiger charge is -2.59. The number of hydrogen-bond donors (Lipinski definition) is 3. The van der Waals surface area contributed by atoms with E-state index in [1.807, 2.05) is 0 Å². The summed E-state index contributed by atoms with van der Waals surface area (Å²) in [7, 11) is -3.93. The maximum atomic E-state index is 13.9. The van der Waals surface area contributed by atoms with Gasteiger partial charge in [-0.15, -0.1) is 0 Å². The third kappa shape index (κ3) is 3.89. The molecule has 5 aliphatic carbocycles. The molecule has 0 radical (unpaired) electrons. The van der Waals surface area contributed by atoms with Gasteiger partial charge in [-0.2, -0.15) is 4.72 Å². The molecule has 5 N–H and O–H groups in total. The molecule has 180 valence electrons. The normalized spacial score (nSPS) is 34.8. The molecule has 2 atom stereocenters. The number of carbonyl (C=O) groups is 2. The number of amides is 1. The van der Waals surface area contributed by atoms with Gasteiger partial charge in [0.25, 0.3) is 0 Å². The van der Waals surface area contributed by atoms with Crippen molar-refractivity contribution in [1.82, 2.24) is 4.72 Å². The highest BCUT2D eigenvalue weighted by atomic mass is 32.2. The van der Waals surface area contributed by atoms with Gasteiger partial charge in [0, 0.05) is 11.8 Å². The van der Waals surface area contributed by atoms with Gasteiger partial charge in [-0.25, -0.2) is 8.42 Å². The molecule has 0 aromatic heterocycles. The number of nitrogens with one attached hydrogen (secondary N) is 1. The Morgan fingerprint density at radius 3 is 2.24 bits per heavy atom. The second kappa shape index (κ2) is 8.08. The van der Waals surface area contributed by atoms with Crippen LogP contribution in [0.25, 0.3) is 0 Å². The zero-order valence-corrected chi connectivity index (χ0v) is 19.9. The van der Waals surface area contributed by atoms with Gasteiger partial charge in [0.15, 0.2) is 5.78 Å². The Bertz CT molecular complexity index is 1050. The van der Waals surface area contributed by atoms with Crippen LogP contribution in [0.3, 0.4) is 0 Å². The Hall–Kier alpha value is -1.93. The van der Waals surface area contributed by atoms with Crippen LogP contribution in [0, 0.1) is 29.1 Å². The fourth-order valence-corrected chi connectivity index (χ4v) is 9.38. The molecule has 2 unspecified atom stereocenters. The first-order valence-corrected chi connectivity index (χ1v) is 13.8. The summed E-state index contributed by atoms with van der Waals surface area (Å²) in [5.41, 5.74) is 10.5. The van der Waals surface area contributed by atoms with Crippen molar-refractivity contribution in [2.24, 2.45) is 34.8 Å². The SMILES string of the molecule is NC(=O)C12CC3CC(C1)C(CC(=O)C1(NS(=O)(=O)c4ccccc4N)CCCCC1)C(C3)C2. The number of hydrogen-bond acceptors (Lipinski definition) is 5. The summed E-state index contributed by atoms with van der Waals surface area (Å²) < 4.78 is 29.4. The monoisotopic (exact) mass is 473 g/mol. The Morgan fingerprint density at radius 2 is 1.64 bits per heavy atom. The molecule has 0 spiro atoms. The molecule has 33 heavy (non-hydrogen) atoms. The van der Waals surface area contributed by atoms with Crippen LogP contribution in [0.2, 0.25) is 0 Å². The zero-order chi connectivity index (χ0) is 23.4. The second-order valence-corrected chi connectivity index (χ2v) is 12.8. The topological polar surface area (TPSA) is 132 Å². The van der Waals surface area contributed by atoms with Crippen LogP contribution in [0.15, 0.2) is 29.2 Å². The average Bonchev–Trinajstić information content (AvgIpc) is 2.76. The summed E-state index contributed by atoms with van der Waals surface area (Å²) in [6.45, 7) is 0. The van der Waals surface area contributed by atoms with Gasteiger partial charge in [-0.05, 0) is 80.8 Å². The Kier molecular flexibility index (Phi) is 5.59. The predicted octanol–water partition coefficient (Wildman–Crippen LogP) is 3.14. The summed E-state index contributed by atoms with van der Waals surface area (Å²) >= 11 is 0. The molecular formula is C25H35N3O4S. The van der Waals surface area contributed by atoms with E-state index < -0.39 is 15.6 Å². The average molecular weight is 474 g/mol. The molecule has 1 amide bonds. The van der Waals surface area contributed by atoms with Gasteiger partial charge in [0.05, 0.1) is 11.2 Å². The molecule has 1 aromatic carbocycles. The lowest BCUT2D eigenvalue weighted by molar-refractivity contribution is -0.152. The number of sulfonamides is 1. The lowest BCUT2D eigenvalue weighted by atomic mass is 9.45. The zero-order valence-electron chi connectivity index (χ0n) is 19.1. The van der Waals surface area contributed by atoms with E-state index >= 15 is 0 Å². The Balaban J connectivity index is 1.39. The highest BCUT2D eigenvalue weighted by Gasteiger charge is 2.58. The standard InChI is InChI=1S/C25H35N3O4S/c26-20-6-2-3-7-21(20)33(31,32)28-25(8-4-1-5-9-25)22(29)12-19-17-10-16-11-18(19)15-24(13-16,14-17)23(27)30/h2-3,6-7,16-19,28H,1,4-5,8-15,26H2,(H2,27,30). The number of Topliss-reactive ketones (excluding diaryl/α,β-unsaturated/α-hetero) is 1. The number of anilines is 1. The quantitative estimate of drug-likeness (QED) is 0.523.